The summed E-state index contributed by atoms with van der Waals surface area (Å²) in [4.78, 5) is 16.5. The number of aromatic nitrogens is 4. The van der Waals surface area contributed by atoms with E-state index in [0.717, 1.165) is 53.9 Å². The van der Waals surface area contributed by atoms with Crippen LogP contribution in [0.25, 0.3) is 32.9 Å². The van der Waals surface area contributed by atoms with Crippen LogP contribution in [0.15, 0.2) is 24.4 Å². The van der Waals surface area contributed by atoms with E-state index in [1.165, 1.54) is 6.42 Å². The summed E-state index contributed by atoms with van der Waals surface area (Å²) < 4.78 is 16.7. The molecular weight excluding hydrogens is 489 g/mol. The minimum Gasteiger partial charge on any atom is -0.353 e. The van der Waals surface area contributed by atoms with Crippen molar-refractivity contribution in [1.29, 1.82) is 0 Å². The van der Waals surface area contributed by atoms with Crippen LogP contribution >= 0.6 is 11.6 Å². The van der Waals surface area contributed by atoms with Crippen molar-refractivity contribution in [3.05, 3.63) is 40.8 Å². The minimum absolute atomic E-state index is 0.302. The molecule has 0 spiro atoms. The van der Waals surface area contributed by atoms with Gasteiger partial charge >= 0.3 is 0 Å². The topological polar surface area (TPSA) is 64.2 Å². The molecule has 194 valence electrons. The zero-order valence-corrected chi connectivity index (χ0v) is 22.8. The number of aromatic amines is 1. The minimum atomic E-state index is -0.411. The second-order valence-corrected chi connectivity index (χ2v) is 11.5. The molecule has 6 rings (SSSR count). The lowest BCUT2D eigenvalue weighted by atomic mass is 9.93. The number of likely N-dealkylation sites (N-methyl/N-ethyl adjacent to an activating group) is 1. The first-order valence-corrected chi connectivity index (χ1v) is 13.4. The number of benzene rings is 2. The summed E-state index contributed by atoms with van der Waals surface area (Å²) in [6.45, 7) is 8.97. The maximum absolute atomic E-state index is 16.7. The number of nitrogens with one attached hydrogen (secondary N) is 1. The maximum Gasteiger partial charge on any atom is 0.228 e. The largest absolute Gasteiger partial charge is 0.353 e. The van der Waals surface area contributed by atoms with Gasteiger partial charge in [-0.15, -0.1) is 0 Å². The van der Waals surface area contributed by atoms with Gasteiger partial charge < -0.3 is 14.7 Å². The molecule has 0 saturated carbocycles. The number of hydrogen-bond donors (Lipinski definition) is 1. The van der Waals surface area contributed by atoms with Crippen LogP contribution in [0.1, 0.15) is 32.3 Å². The van der Waals surface area contributed by atoms with E-state index in [0.29, 0.717) is 45.4 Å². The Hall–Kier alpha value is -2.97. The average Bonchev–Trinajstić information content (AvgIpc) is 3.30. The van der Waals surface area contributed by atoms with Gasteiger partial charge in [0.25, 0.3) is 0 Å². The third-order valence-electron chi connectivity index (χ3n) is 8.20. The van der Waals surface area contributed by atoms with E-state index < -0.39 is 5.82 Å². The Morgan fingerprint density at radius 3 is 2.59 bits per heavy atom. The van der Waals surface area contributed by atoms with Crippen molar-refractivity contribution in [2.75, 3.05) is 43.5 Å². The van der Waals surface area contributed by atoms with Gasteiger partial charge in [0.15, 0.2) is 5.82 Å². The first kappa shape index (κ1) is 24.4. The molecule has 2 aliphatic heterocycles. The highest BCUT2D eigenvalue weighted by Gasteiger charge is 2.34. The summed E-state index contributed by atoms with van der Waals surface area (Å²) in [6.07, 6.45) is 3.98. The van der Waals surface area contributed by atoms with Gasteiger partial charge in [0, 0.05) is 53.6 Å². The molecule has 9 heteroatoms. The standard InChI is InChI=1S/C28H33ClFN7/c1-15-6-8-17(3)37(12-15)27-19-10-21(29)24(23-16(2)7-9-22-20(23)11-31-34-22)25(30)26(19)32-28(33-27)36-13-18(14-36)35(4)5/h7,9-11,15,17-18H,6,8,12-14H2,1-5H3,(H,31,34)/t15-,17-/m0/s1. The zero-order valence-electron chi connectivity index (χ0n) is 22.0. The molecule has 0 unspecified atom stereocenters. The SMILES string of the molecule is Cc1ccc2[nH]ncc2c1-c1c(Cl)cc2c(N3C[C@@H](C)CC[C@@H]3C)nc(N3CC(N(C)C)C3)nc2c1F. The van der Waals surface area contributed by atoms with Gasteiger partial charge in [0.05, 0.1) is 16.7 Å². The summed E-state index contributed by atoms with van der Waals surface area (Å²) in [5.74, 6) is 1.48. The Labute approximate surface area is 221 Å². The van der Waals surface area contributed by atoms with Crippen molar-refractivity contribution in [1.82, 2.24) is 25.1 Å². The van der Waals surface area contributed by atoms with Crippen LogP contribution in [0.4, 0.5) is 16.2 Å². The van der Waals surface area contributed by atoms with E-state index in [9.17, 15) is 0 Å². The van der Waals surface area contributed by atoms with Crippen LogP contribution in [-0.4, -0.2) is 70.9 Å². The number of nitrogens with zero attached hydrogens (tertiary/aromatic N) is 6. The third kappa shape index (κ3) is 4.01. The fourth-order valence-electron chi connectivity index (χ4n) is 5.75. The van der Waals surface area contributed by atoms with Gasteiger partial charge in [-0.1, -0.05) is 24.6 Å². The quantitative estimate of drug-likeness (QED) is 0.374. The Balaban J connectivity index is 1.58. The van der Waals surface area contributed by atoms with Crippen LogP contribution in [-0.2, 0) is 0 Å². The molecule has 2 aliphatic rings. The highest BCUT2D eigenvalue weighted by Crippen LogP contribution is 2.43. The number of anilines is 2. The molecule has 2 aromatic carbocycles. The van der Waals surface area contributed by atoms with Crippen molar-refractivity contribution < 1.29 is 4.39 Å². The van der Waals surface area contributed by atoms with Gasteiger partial charge in [-0.3, -0.25) is 5.10 Å². The Morgan fingerprint density at radius 2 is 1.84 bits per heavy atom. The predicted molar refractivity (Wildman–Crippen MR) is 149 cm³/mol. The molecular formula is C28H33ClFN7. The van der Waals surface area contributed by atoms with Gasteiger partial charge in [-0.05, 0) is 64.4 Å². The Kier molecular flexibility index (Phi) is 5.99. The number of aryl methyl sites for hydroxylation is 1. The first-order chi connectivity index (χ1) is 17.7. The lowest BCUT2D eigenvalue weighted by Gasteiger charge is -2.43. The molecule has 4 aromatic rings. The second kappa shape index (κ2) is 9.10. The van der Waals surface area contributed by atoms with E-state index in [1.807, 2.05) is 25.1 Å². The molecule has 2 aromatic heterocycles. The number of rotatable bonds is 4. The Bertz CT molecular complexity index is 1490. The second-order valence-electron chi connectivity index (χ2n) is 11.1. The molecule has 37 heavy (non-hydrogen) atoms. The molecule has 0 radical (unpaired) electrons. The van der Waals surface area contributed by atoms with Crippen LogP contribution in [0.3, 0.4) is 0 Å². The lowest BCUT2D eigenvalue weighted by Crippen LogP contribution is -2.58. The van der Waals surface area contributed by atoms with Crippen LogP contribution in [0, 0.1) is 18.7 Å². The van der Waals surface area contributed by atoms with Gasteiger partial charge in [-0.25, -0.2) is 9.37 Å². The summed E-state index contributed by atoms with van der Waals surface area (Å²) in [5.41, 5.74) is 3.20. The fraction of sp³-hybridized carbons (Fsp3) is 0.464. The molecule has 2 atom stereocenters. The number of halogens is 2. The fourth-order valence-corrected chi connectivity index (χ4v) is 6.03. The molecule has 0 amide bonds. The van der Waals surface area contributed by atoms with Gasteiger partial charge in [0.2, 0.25) is 5.95 Å². The van der Waals surface area contributed by atoms with E-state index in [-0.39, 0.29) is 0 Å². The summed E-state index contributed by atoms with van der Waals surface area (Å²) in [6, 6.07) is 6.51. The van der Waals surface area contributed by atoms with Crippen molar-refractivity contribution in [3.63, 3.8) is 0 Å². The van der Waals surface area contributed by atoms with E-state index in [1.54, 1.807) is 6.20 Å². The Morgan fingerprint density at radius 1 is 1.05 bits per heavy atom. The summed E-state index contributed by atoms with van der Waals surface area (Å²) >= 11 is 6.89. The van der Waals surface area contributed by atoms with Gasteiger partial charge in [0.1, 0.15) is 11.3 Å². The molecule has 2 saturated heterocycles. The molecule has 0 aliphatic carbocycles. The smallest absolute Gasteiger partial charge is 0.228 e. The van der Waals surface area contributed by atoms with Gasteiger partial charge in [-0.2, -0.15) is 10.1 Å². The van der Waals surface area contributed by atoms with E-state index in [2.05, 4.69) is 52.8 Å². The molecule has 1 N–H and O–H groups in total. The number of H-pyrrole nitrogens is 1. The first-order valence-electron chi connectivity index (χ1n) is 13.0. The summed E-state index contributed by atoms with van der Waals surface area (Å²) in [7, 11) is 4.16. The van der Waals surface area contributed by atoms with Crippen molar-refractivity contribution in [3.8, 4) is 11.1 Å². The lowest BCUT2D eigenvalue weighted by molar-refractivity contribution is 0.245. The van der Waals surface area contributed by atoms with E-state index >= 15 is 4.39 Å². The molecule has 4 heterocycles. The molecule has 7 nitrogen and oxygen atoms in total. The predicted octanol–water partition coefficient (Wildman–Crippen LogP) is 5.65. The van der Waals surface area contributed by atoms with E-state index in [4.69, 9.17) is 21.6 Å². The normalized spacial score (nSPS) is 20.9. The maximum atomic E-state index is 16.7. The number of fused-ring (bicyclic) bond motifs is 2. The number of hydrogen-bond acceptors (Lipinski definition) is 6. The summed E-state index contributed by atoms with van der Waals surface area (Å²) in [5, 5.41) is 9.03. The third-order valence-corrected chi connectivity index (χ3v) is 8.50. The highest BCUT2D eigenvalue weighted by molar-refractivity contribution is 6.35. The zero-order chi connectivity index (χ0) is 26.0. The van der Waals surface area contributed by atoms with Crippen molar-refractivity contribution in [2.45, 2.75) is 45.7 Å². The van der Waals surface area contributed by atoms with Crippen LogP contribution in [0.2, 0.25) is 5.02 Å². The molecule has 0 bridgehead atoms. The van der Waals surface area contributed by atoms with Crippen molar-refractivity contribution >= 4 is 45.2 Å². The van der Waals surface area contributed by atoms with Crippen LogP contribution in [0.5, 0.6) is 0 Å². The monoisotopic (exact) mass is 521 g/mol. The molecule has 2 fully saturated rings. The number of piperidine rings is 1. The van der Waals surface area contributed by atoms with Crippen LogP contribution < -0.4 is 9.80 Å². The average molecular weight is 522 g/mol. The van der Waals surface area contributed by atoms with Crippen molar-refractivity contribution in [2.24, 2.45) is 5.92 Å². The highest BCUT2D eigenvalue weighted by atomic mass is 35.5.